The summed E-state index contributed by atoms with van der Waals surface area (Å²) in [7, 11) is 0. The first kappa shape index (κ1) is 11.7. The average Bonchev–Trinajstić information content (AvgIpc) is 2.34. The molecule has 1 aromatic heterocycles. The molecule has 0 aliphatic rings. The number of hydrogen-bond acceptors (Lipinski definition) is 3. The summed E-state index contributed by atoms with van der Waals surface area (Å²) < 4.78 is 0. The summed E-state index contributed by atoms with van der Waals surface area (Å²) in [5.41, 5.74) is 0.966. The molecule has 1 aromatic carbocycles. The Morgan fingerprint density at radius 1 is 1.35 bits per heavy atom. The predicted molar refractivity (Wildman–Crippen MR) is 71.8 cm³/mol. The summed E-state index contributed by atoms with van der Waals surface area (Å²) in [4.78, 5) is 14.8. The number of aromatic nitrogens is 1. The number of benzene rings is 1. The third-order valence-corrected chi connectivity index (χ3v) is 2.92. The third-order valence-electron chi connectivity index (χ3n) is 2.22. The van der Waals surface area contributed by atoms with Crippen LogP contribution in [0.1, 0.15) is 12.5 Å². The second kappa shape index (κ2) is 5.51. The van der Waals surface area contributed by atoms with Crippen molar-refractivity contribution in [3.63, 3.8) is 0 Å². The van der Waals surface area contributed by atoms with Gasteiger partial charge in [-0.25, -0.2) is 0 Å². The van der Waals surface area contributed by atoms with Gasteiger partial charge in [0.15, 0.2) is 5.12 Å². The molecular weight excluding hydrogens is 230 g/mol. The lowest BCUT2D eigenvalue weighted by Gasteiger charge is -1.96. The fourth-order valence-electron chi connectivity index (χ4n) is 1.44. The smallest absolute Gasteiger partial charge is 0.186 e. The Morgan fingerprint density at radius 2 is 2.24 bits per heavy atom. The van der Waals surface area contributed by atoms with Crippen LogP contribution in [0.15, 0.2) is 36.7 Å². The van der Waals surface area contributed by atoms with E-state index in [1.807, 2.05) is 30.5 Å². The van der Waals surface area contributed by atoms with Gasteiger partial charge in [0.25, 0.3) is 0 Å². The third kappa shape index (κ3) is 3.33. The Kier molecular flexibility index (Phi) is 3.79. The van der Waals surface area contributed by atoms with Gasteiger partial charge in [-0.2, -0.15) is 0 Å². The van der Waals surface area contributed by atoms with Crippen molar-refractivity contribution in [2.45, 2.75) is 6.92 Å². The van der Waals surface area contributed by atoms with Crippen molar-refractivity contribution >= 4 is 27.6 Å². The molecule has 3 heteroatoms. The molecule has 0 bridgehead atoms. The molecule has 0 unspecified atom stereocenters. The number of hydrogen-bond donors (Lipinski definition) is 0. The molecule has 0 saturated heterocycles. The van der Waals surface area contributed by atoms with Crippen molar-refractivity contribution in [2.75, 3.05) is 5.75 Å². The first-order valence-corrected chi connectivity index (χ1v) is 6.20. The lowest BCUT2D eigenvalue weighted by molar-refractivity contribution is -0.109. The molecule has 1 heterocycles. The number of thioether (sulfide) groups is 1. The minimum atomic E-state index is 0.101. The quantitative estimate of drug-likeness (QED) is 0.719. The van der Waals surface area contributed by atoms with Crippen LogP contribution in [0.25, 0.3) is 10.8 Å². The van der Waals surface area contributed by atoms with Crippen molar-refractivity contribution < 1.29 is 4.79 Å². The van der Waals surface area contributed by atoms with E-state index in [1.165, 1.54) is 11.8 Å². The predicted octanol–water partition coefficient (Wildman–Crippen LogP) is 2.87. The SMILES string of the molecule is CC(=O)SCC#Cc1ccc2cnccc2c1. The van der Waals surface area contributed by atoms with Crippen LogP contribution in [-0.4, -0.2) is 15.9 Å². The number of pyridine rings is 1. The molecule has 0 aliphatic carbocycles. The minimum Gasteiger partial charge on any atom is -0.288 e. The molecule has 17 heavy (non-hydrogen) atoms. The summed E-state index contributed by atoms with van der Waals surface area (Å²) in [5.74, 6) is 6.57. The fraction of sp³-hybridized carbons (Fsp3) is 0.143. The summed E-state index contributed by atoms with van der Waals surface area (Å²) in [6.07, 6.45) is 3.60. The van der Waals surface area contributed by atoms with Crippen LogP contribution in [0.3, 0.4) is 0 Å². The highest BCUT2D eigenvalue weighted by Gasteiger charge is 1.93. The lowest BCUT2D eigenvalue weighted by Crippen LogP contribution is -1.82. The van der Waals surface area contributed by atoms with E-state index >= 15 is 0 Å². The topological polar surface area (TPSA) is 30.0 Å². The van der Waals surface area contributed by atoms with Crippen molar-refractivity contribution in [3.05, 3.63) is 42.2 Å². The second-order valence-corrected chi connectivity index (χ2v) is 4.67. The van der Waals surface area contributed by atoms with Crippen LogP contribution in [0.4, 0.5) is 0 Å². The molecule has 0 N–H and O–H groups in total. The van der Waals surface area contributed by atoms with Crippen LogP contribution in [0, 0.1) is 11.8 Å². The molecule has 84 valence electrons. The first-order chi connectivity index (χ1) is 8.25. The lowest BCUT2D eigenvalue weighted by atomic mass is 10.1. The Bertz CT molecular complexity index is 610. The maximum Gasteiger partial charge on any atom is 0.186 e. The average molecular weight is 241 g/mol. The fourth-order valence-corrected chi connectivity index (χ4v) is 1.78. The van der Waals surface area contributed by atoms with Gasteiger partial charge < -0.3 is 0 Å². The van der Waals surface area contributed by atoms with E-state index in [4.69, 9.17) is 0 Å². The van der Waals surface area contributed by atoms with E-state index in [9.17, 15) is 4.79 Å². The monoisotopic (exact) mass is 241 g/mol. The molecule has 0 radical (unpaired) electrons. The summed E-state index contributed by atoms with van der Waals surface area (Å²) in [6.45, 7) is 1.55. The molecule has 2 rings (SSSR count). The van der Waals surface area contributed by atoms with E-state index in [1.54, 1.807) is 13.1 Å². The van der Waals surface area contributed by atoms with Gasteiger partial charge in [0.1, 0.15) is 0 Å². The Morgan fingerprint density at radius 3 is 3.06 bits per heavy atom. The molecule has 0 atom stereocenters. The number of carbonyl (C=O) groups is 1. The highest BCUT2D eigenvalue weighted by Crippen LogP contribution is 2.13. The van der Waals surface area contributed by atoms with Gasteiger partial charge in [-0.15, -0.1) is 0 Å². The van der Waals surface area contributed by atoms with Crippen LogP contribution in [0.5, 0.6) is 0 Å². The number of nitrogens with zero attached hydrogens (tertiary/aromatic N) is 1. The highest BCUT2D eigenvalue weighted by atomic mass is 32.2. The van der Waals surface area contributed by atoms with Crippen LogP contribution >= 0.6 is 11.8 Å². The van der Waals surface area contributed by atoms with Crippen LogP contribution in [-0.2, 0) is 4.79 Å². The van der Waals surface area contributed by atoms with E-state index in [2.05, 4.69) is 16.8 Å². The van der Waals surface area contributed by atoms with Gasteiger partial charge in [0.2, 0.25) is 0 Å². The summed E-state index contributed by atoms with van der Waals surface area (Å²) in [6, 6.07) is 7.97. The molecule has 0 aliphatic heterocycles. The highest BCUT2D eigenvalue weighted by molar-refractivity contribution is 8.13. The Balaban J connectivity index is 2.16. The van der Waals surface area contributed by atoms with Gasteiger partial charge in [-0.3, -0.25) is 9.78 Å². The normalized spacial score (nSPS) is 9.71. The Hall–Kier alpha value is -1.79. The zero-order chi connectivity index (χ0) is 12.1. The molecule has 2 aromatic rings. The van der Waals surface area contributed by atoms with Crippen molar-refractivity contribution in [3.8, 4) is 11.8 Å². The zero-order valence-corrected chi connectivity index (χ0v) is 10.3. The van der Waals surface area contributed by atoms with Gasteiger partial charge >= 0.3 is 0 Å². The maximum atomic E-state index is 10.7. The van der Waals surface area contributed by atoms with Gasteiger partial charge in [-0.1, -0.05) is 29.7 Å². The summed E-state index contributed by atoms with van der Waals surface area (Å²) in [5, 5.41) is 2.34. The first-order valence-electron chi connectivity index (χ1n) is 5.22. The van der Waals surface area contributed by atoms with Gasteiger partial charge in [0.05, 0.1) is 5.75 Å². The van der Waals surface area contributed by atoms with Crippen molar-refractivity contribution in [1.29, 1.82) is 0 Å². The van der Waals surface area contributed by atoms with Crippen LogP contribution in [0.2, 0.25) is 0 Å². The largest absolute Gasteiger partial charge is 0.288 e. The zero-order valence-electron chi connectivity index (χ0n) is 9.43. The van der Waals surface area contributed by atoms with Gasteiger partial charge in [0, 0.05) is 30.3 Å². The van der Waals surface area contributed by atoms with Crippen LogP contribution < -0.4 is 0 Å². The Labute approximate surface area is 104 Å². The molecule has 0 fully saturated rings. The van der Waals surface area contributed by atoms with Gasteiger partial charge in [-0.05, 0) is 23.6 Å². The van der Waals surface area contributed by atoms with E-state index in [0.717, 1.165) is 16.3 Å². The summed E-state index contributed by atoms with van der Waals surface area (Å²) >= 11 is 1.23. The molecule has 2 nitrogen and oxygen atoms in total. The molecule has 0 saturated carbocycles. The van der Waals surface area contributed by atoms with E-state index < -0.39 is 0 Å². The number of rotatable bonds is 1. The molecule has 0 amide bonds. The molecule has 0 spiro atoms. The standard InChI is InChI=1S/C14H11NOS/c1-11(16)17-8-2-3-12-4-5-14-10-15-7-6-13(14)9-12/h4-7,9-10H,8H2,1H3. The number of carbonyl (C=O) groups excluding carboxylic acids is 1. The van der Waals surface area contributed by atoms with Crippen molar-refractivity contribution in [2.24, 2.45) is 0 Å². The molecular formula is C14H11NOS. The minimum absolute atomic E-state index is 0.101. The number of fused-ring (bicyclic) bond motifs is 1. The maximum absolute atomic E-state index is 10.7. The van der Waals surface area contributed by atoms with Crippen molar-refractivity contribution in [1.82, 2.24) is 4.98 Å². The second-order valence-electron chi connectivity index (χ2n) is 3.52. The van der Waals surface area contributed by atoms with E-state index in [0.29, 0.717) is 5.75 Å². The van der Waals surface area contributed by atoms with E-state index in [-0.39, 0.29) is 5.12 Å².